The lowest BCUT2D eigenvalue weighted by atomic mass is 9.96. The quantitative estimate of drug-likeness (QED) is 0.364. The standard InChI is InChI=1S/C19H16F3N3O2/c1-12(13-6-5-7-14(10-13)19(20,21)22)18(27-24)16-9-4-3-8-15(16)17(11-23)25-26-2/h3-10H,24H2,1-2H3. The molecule has 0 spiro atoms. The molecule has 140 valence electrons. The van der Waals surface area contributed by atoms with Crippen molar-refractivity contribution in [3.63, 3.8) is 0 Å². The first-order chi connectivity index (χ1) is 12.8. The maximum atomic E-state index is 13.0. The van der Waals surface area contributed by atoms with Crippen molar-refractivity contribution in [1.82, 2.24) is 0 Å². The molecule has 2 rings (SSSR count). The Morgan fingerprint density at radius 2 is 1.78 bits per heavy atom. The Labute approximate surface area is 154 Å². The maximum Gasteiger partial charge on any atom is 0.416 e. The Bertz CT molecular complexity index is 928. The van der Waals surface area contributed by atoms with E-state index in [2.05, 4.69) is 9.99 Å². The zero-order chi connectivity index (χ0) is 20.0. The molecular weight excluding hydrogens is 359 g/mol. The summed E-state index contributed by atoms with van der Waals surface area (Å²) in [5.41, 5.74) is 0.594. The Kier molecular flexibility index (Phi) is 6.21. The van der Waals surface area contributed by atoms with Crippen molar-refractivity contribution in [3.8, 4) is 6.07 Å². The van der Waals surface area contributed by atoms with Crippen LogP contribution in [-0.4, -0.2) is 12.8 Å². The molecule has 8 heteroatoms. The average molecular weight is 375 g/mol. The molecule has 0 aliphatic rings. The summed E-state index contributed by atoms with van der Waals surface area (Å²) in [4.78, 5) is 9.65. The summed E-state index contributed by atoms with van der Waals surface area (Å²) >= 11 is 0. The Balaban J connectivity index is 2.67. The minimum atomic E-state index is -4.48. The third-order valence-corrected chi connectivity index (χ3v) is 3.80. The second-order valence-corrected chi connectivity index (χ2v) is 5.43. The number of halogens is 3. The largest absolute Gasteiger partial charge is 0.416 e. The number of benzene rings is 2. The van der Waals surface area contributed by atoms with E-state index in [-0.39, 0.29) is 17.0 Å². The van der Waals surface area contributed by atoms with Gasteiger partial charge in [-0.3, -0.25) is 0 Å². The summed E-state index contributed by atoms with van der Waals surface area (Å²) in [6, 6.07) is 13.3. The molecule has 0 aliphatic carbocycles. The maximum absolute atomic E-state index is 13.0. The van der Waals surface area contributed by atoms with E-state index >= 15 is 0 Å². The van der Waals surface area contributed by atoms with E-state index in [0.717, 1.165) is 12.1 Å². The molecular formula is C19H16F3N3O2. The van der Waals surface area contributed by atoms with Crippen LogP contribution < -0.4 is 5.90 Å². The van der Waals surface area contributed by atoms with Gasteiger partial charge in [-0.2, -0.15) is 24.3 Å². The summed E-state index contributed by atoms with van der Waals surface area (Å²) in [5.74, 6) is 5.53. The van der Waals surface area contributed by atoms with Gasteiger partial charge in [-0.25, -0.2) is 0 Å². The van der Waals surface area contributed by atoms with Gasteiger partial charge in [-0.1, -0.05) is 41.6 Å². The summed E-state index contributed by atoms with van der Waals surface area (Å²) in [6.45, 7) is 1.58. The van der Waals surface area contributed by atoms with Crippen molar-refractivity contribution < 1.29 is 22.8 Å². The number of allylic oxidation sites excluding steroid dienone is 1. The second-order valence-electron chi connectivity index (χ2n) is 5.43. The van der Waals surface area contributed by atoms with Crippen molar-refractivity contribution in [3.05, 3.63) is 70.8 Å². The first-order valence-electron chi connectivity index (χ1n) is 7.69. The van der Waals surface area contributed by atoms with Gasteiger partial charge in [0.05, 0.1) is 5.56 Å². The number of nitriles is 1. The highest BCUT2D eigenvalue weighted by molar-refractivity contribution is 6.14. The molecule has 0 fully saturated rings. The smallest absolute Gasteiger partial charge is 0.411 e. The van der Waals surface area contributed by atoms with Gasteiger partial charge in [0.15, 0.2) is 11.5 Å². The number of hydrogen-bond acceptors (Lipinski definition) is 5. The third-order valence-electron chi connectivity index (χ3n) is 3.80. The van der Waals surface area contributed by atoms with Crippen molar-refractivity contribution >= 4 is 17.0 Å². The average Bonchev–Trinajstić information content (AvgIpc) is 2.66. The molecule has 0 unspecified atom stereocenters. The van der Waals surface area contributed by atoms with Gasteiger partial charge >= 0.3 is 6.18 Å². The lowest BCUT2D eigenvalue weighted by Crippen LogP contribution is -2.09. The predicted molar refractivity (Wildman–Crippen MR) is 94.8 cm³/mol. The van der Waals surface area contributed by atoms with E-state index in [1.807, 2.05) is 6.07 Å². The van der Waals surface area contributed by atoms with Crippen LogP contribution in [0.25, 0.3) is 11.3 Å². The molecule has 0 aromatic heterocycles. The molecule has 5 nitrogen and oxygen atoms in total. The van der Waals surface area contributed by atoms with E-state index in [1.165, 1.54) is 19.2 Å². The Morgan fingerprint density at radius 3 is 2.33 bits per heavy atom. The number of alkyl halides is 3. The zero-order valence-electron chi connectivity index (χ0n) is 14.5. The van der Waals surface area contributed by atoms with Crippen LogP contribution in [0.5, 0.6) is 0 Å². The topological polar surface area (TPSA) is 80.6 Å². The van der Waals surface area contributed by atoms with Crippen LogP contribution in [0.2, 0.25) is 0 Å². The Hall–Kier alpha value is -3.31. The first-order valence-corrected chi connectivity index (χ1v) is 7.69. The summed E-state index contributed by atoms with van der Waals surface area (Å²) in [7, 11) is 1.30. The minimum Gasteiger partial charge on any atom is -0.411 e. The molecule has 0 atom stereocenters. The third kappa shape index (κ3) is 4.46. The SMILES string of the molecule is CON=C(C#N)c1ccccc1C(ON)=C(C)c1cccc(C(F)(F)F)c1. The number of oxime groups is 1. The van der Waals surface area contributed by atoms with Gasteiger partial charge < -0.3 is 9.68 Å². The molecule has 0 radical (unpaired) electrons. The van der Waals surface area contributed by atoms with E-state index in [1.54, 1.807) is 31.2 Å². The van der Waals surface area contributed by atoms with Gasteiger partial charge in [0.2, 0.25) is 0 Å². The molecule has 2 aromatic carbocycles. The molecule has 0 aliphatic heterocycles. The van der Waals surface area contributed by atoms with E-state index in [9.17, 15) is 18.4 Å². The second kappa shape index (κ2) is 8.38. The molecule has 0 saturated heterocycles. The number of rotatable bonds is 5. The molecule has 0 bridgehead atoms. The monoisotopic (exact) mass is 375 g/mol. The van der Waals surface area contributed by atoms with Gasteiger partial charge in [0.1, 0.15) is 13.2 Å². The van der Waals surface area contributed by atoms with Crippen LogP contribution in [0.1, 0.15) is 29.2 Å². The lowest BCUT2D eigenvalue weighted by molar-refractivity contribution is -0.137. The van der Waals surface area contributed by atoms with Crippen LogP contribution in [0.4, 0.5) is 13.2 Å². The Morgan fingerprint density at radius 1 is 1.11 bits per heavy atom. The molecule has 0 heterocycles. The normalized spacial score (nSPS) is 12.9. The van der Waals surface area contributed by atoms with Crippen LogP contribution in [-0.2, 0) is 15.9 Å². The summed E-state index contributed by atoms with van der Waals surface area (Å²) in [6.07, 6.45) is -4.48. The van der Waals surface area contributed by atoms with E-state index in [0.29, 0.717) is 16.7 Å². The number of nitrogens with two attached hydrogens (primary N) is 1. The fourth-order valence-corrected chi connectivity index (χ4v) is 2.52. The molecule has 27 heavy (non-hydrogen) atoms. The van der Waals surface area contributed by atoms with Crippen LogP contribution in [0.15, 0.2) is 53.7 Å². The molecule has 0 saturated carbocycles. The van der Waals surface area contributed by atoms with Crippen molar-refractivity contribution in [2.45, 2.75) is 13.1 Å². The fraction of sp³-hybridized carbons (Fsp3) is 0.158. The summed E-state index contributed by atoms with van der Waals surface area (Å²) < 4.78 is 39.0. The lowest BCUT2D eigenvalue weighted by Gasteiger charge is -2.15. The molecule has 0 amide bonds. The highest BCUT2D eigenvalue weighted by Gasteiger charge is 2.30. The van der Waals surface area contributed by atoms with E-state index < -0.39 is 11.7 Å². The summed E-state index contributed by atoms with van der Waals surface area (Å²) in [5, 5.41) is 13.0. The number of nitrogens with zero attached hydrogens (tertiary/aromatic N) is 2. The van der Waals surface area contributed by atoms with Crippen molar-refractivity contribution in [2.24, 2.45) is 11.1 Å². The van der Waals surface area contributed by atoms with Crippen LogP contribution in [0, 0.1) is 11.3 Å². The molecule has 2 aromatic rings. The minimum absolute atomic E-state index is 0.0282. The van der Waals surface area contributed by atoms with Gasteiger partial charge in [-0.15, -0.1) is 0 Å². The van der Waals surface area contributed by atoms with Crippen LogP contribution >= 0.6 is 0 Å². The van der Waals surface area contributed by atoms with Crippen molar-refractivity contribution in [1.29, 1.82) is 5.26 Å². The fourth-order valence-electron chi connectivity index (χ4n) is 2.52. The van der Waals surface area contributed by atoms with Crippen LogP contribution in [0.3, 0.4) is 0 Å². The van der Waals surface area contributed by atoms with Gasteiger partial charge in [0, 0.05) is 16.7 Å². The zero-order valence-corrected chi connectivity index (χ0v) is 14.5. The number of hydrogen-bond donors (Lipinski definition) is 1. The van der Waals surface area contributed by atoms with Crippen molar-refractivity contribution in [2.75, 3.05) is 7.11 Å². The highest BCUT2D eigenvalue weighted by atomic mass is 19.4. The molecule has 2 N–H and O–H groups in total. The first kappa shape index (κ1) is 20.0. The predicted octanol–water partition coefficient (Wildman–Crippen LogP) is 4.36. The highest BCUT2D eigenvalue weighted by Crippen LogP contribution is 2.33. The van der Waals surface area contributed by atoms with Gasteiger partial charge in [0.25, 0.3) is 0 Å². The van der Waals surface area contributed by atoms with Gasteiger partial charge in [-0.05, 0) is 24.6 Å². The van der Waals surface area contributed by atoms with E-state index in [4.69, 9.17) is 10.7 Å².